The van der Waals surface area contributed by atoms with Gasteiger partial charge in [0, 0.05) is 5.56 Å². The highest BCUT2D eigenvalue weighted by Gasteiger charge is 2.32. The van der Waals surface area contributed by atoms with Crippen LogP contribution in [0, 0.1) is 0 Å². The summed E-state index contributed by atoms with van der Waals surface area (Å²) >= 11 is 0. The van der Waals surface area contributed by atoms with Crippen LogP contribution in [0.4, 0.5) is 5.95 Å². The van der Waals surface area contributed by atoms with Gasteiger partial charge in [0.25, 0.3) is 0 Å². The summed E-state index contributed by atoms with van der Waals surface area (Å²) in [5, 5.41) is 7.90. The standard InChI is InChI=1S/C20H22N4O3/c1-25-14-6-4-13(5-7-14)17-11-18(24-20(23-17)21-12-22-24)16-10-15(26-2)8-9-19(16)27-3/h4-10,12,17-18H,11H2,1-3H3,(H,21,22,23)/t17-,18-/m0/s1. The quantitative estimate of drug-likeness (QED) is 0.746. The molecule has 0 fully saturated rings. The van der Waals surface area contributed by atoms with Crippen LogP contribution in [-0.4, -0.2) is 36.1 Å². The largest absolute Gasteiger partial charge is 0.497 e. The first-order valence-electron chi connectivity index (χ1n) is 8.75. The second-order valence-electron chi connectivity index (χ2n) is 6.36. The second kappa shape index (κ2) is 7.19. The van der Waals surface area contributed by atoms with Crippen molar-refractivity contribution in [2.75, 3.05) is 26.6 Å². The fourth-order valence-electron chi connectivity index (χ4n) is 3.53. The van der Waals surface area contributed by atoms with E-state index in [0.717, 1.165) is 40.7 Å². The van der Waals surface area contributed by atoms with Crippen LogP contribution in [-0.2, 0) is 0 Å². The molecule has 2 atom stereocenters. The van der Waals surface area contributed by atoms with Crippen molar-refractivity contribution >= 4 is 5.95 Å². The van der Waals surface area contributed by atoms with Crippen molar-refractivity contribution in [2.24, 2.45) is 0 Å². The molecule has 2 heterocycles. The number of rotatable bonds is 5. The molecule has 0 unspecified atom stereocenters. The molecule has 1 aliphatic rings. The third kappa shape index (κ3) is 3.16. The number of nitrogens with one attached hydrogen (secondary N) is 1. The third-order valence-corrected chi connectivity index (χ3v) is 4.94. The minimum Gasteiger partial charge on any atom is -0.497 e. The number of benzene rings is 2. The number of hydrogen-bond donors (Lipinski definition) is 1. The van der Waals surface area contributed by atoms with Gasteiger partial charge in [-0.3, -0.25) is 0 Å². The van der Waals surface area contributed by atoms with Crippen molar-refractivity contribution in [3.8, 4) is 17.2 Å². The van der Waals surface area contributed by atoms with E-state index >= 15 is 0 Å². The molecular weight excluding hydrogens is 344 g/mol. The molecule has 1 N–H and O–H groups in total. The van der Waals surface area contributed by atoms with Crippen LogP contribution >= 0.6 is 0 Å². The second-order valence-corrected chi connectivity index (χ2v) is 6.36. The maximum atomic E-state index is 5.61. The van der Waals surface area contributed by atoms with Crippen molar-refractivity contribution in [3.63, 3.8) is 0 Å². The topological polar surface area (TPSA) is 70.4 Å². The molecule has 1 aliphatic heterocycles. The Bertz CT molecular complexity index is 923. The van der Waals surface area contributed by atoms with Gasteiger partial charge >= 0.3 is 0 Å². The van der Waals surface area contributed by atoms with Gasteiger partial charge in [0.05, 0.1) is 33.4 Å². The van der Waals surface area contributed by atoms with Gasteiger partial charge in [0.15, 0.2) is 0 Å². The molecule has 2 aromatic carbocycles. The van der Waals surface area contributed by atoms with Crippen LogP contribution in [0.3, 0.4) is 0 Å². The smallest absolute Gasteiger partial charge is 0.222 e. The van der Waals surface area contributed by atoms with Gasteiger partial charge in [-0.1, -0.05) is 12.1 Å². The van der Waals surface area contributed by atoms with Crippen molar-refractivity contribution in [3.05, 3.63) is 59.9 Å². The Morgan fingerprint density at radius 1 is 0.963 bits per heavy atom. The van der Waals surface area contributed by atoms with Crippen LogP contribution in [0.5, 0.6) is 17.2 Å². The van der Waals surface area contributed by atoms with Crippen LogP contribution < -0.4 is 19.5 Å². The van der Waals surface area contributed by atoms with Crippen molar-refractivity contribution < 1.29 is 14.2 Å². The Morgan fingerprint density at radius 2 is 1.70 bits per heavy atom. The Balaban J connectivity index is 1.74. The van der Waals surface area contributed by atoms with E-state index in [-0.39, 0.29) is 12.1 Å². The number of hydrogen-bond acceptors (Lipinski definition) is 6. The number of fused-ring (bicyclic) bond motifs is 1. The minimum absolute atomic E-state index is 0.0269. The molecule has 3 aromatic rings. The first-order chi connectivity index (χ1) is 13.2. The Morgan fingerprint density at radius 3 is 2.41 bits per heavy atom. The number of ether oxygens (including phenoxy) is 3. The molecular formula is C20H22N4O3. The average Bonchev–Trinajstić information content (AvgIpc) is 3.21. The summed E-state index contributed by atoms with van der Waals surface area (Å²) in [5.74, 6) is 3.16. The zero-order chi connectivity index (χ0) is 18.8. The van der Waals surface area contributed by atoms with E-state index in [1.54, 1.807) is 27.7 Å². The number of aromatic nitrogens is 3. The molecule has 1 aromatic heterocycles. The monoisotopic (exact) mass is 366 g/mol. The van der Waals surface area contributed by atoms with Gasteiger partial charge in [-0.25, -0.2) is 4.68 Å². The molecule has 4 rings (SSSR count). The van der Waals surface area contributed by atoms with Crippen LogP contribution in [0.1, 0.15) is 29.6 Å². The number of anilines is 1. The third-order valence-electron chi connectivity index (χ3n) is 4.94. The lowest BCUT2D eigenvalue weighted by Crippen LogP contribution is -2.28. The SMILES string of the molecule is COc1ccc([C@@H]2C[C@@H](c3cc(OC)ccc3OC)n3ncnc3N2)cc1. The molecule has 0 amide bonds. The average molecular weight is 366 g/mol. The summed E-state index contributed by atoms with van der Waals surface area (Å²) in [6.07, 6.45) is 2.37. The van der Waals surface area contributed by atoms with Crippen LogP contribution in [0.2, 0.25) is 0 Å². The number of methoxy groups -OCH3 is 3. The number of nitrogens with zero attached hydrogens (tertiary/aromatic N) is 3. The van der Waals surface area contributed by atoms with Gasteiger partial charge in [0.2, 0.25) is 5.95 Å². The molecule has 7 heteroatoms. The molecule has 140 valence electrons. The highest BCUT2D eigenvalue weighted by atomic mass is 16.5. The summed E-state index contributed by atoms with van der Waals surface area (Å²) in [7, 11) is 5.01. The van der Waals surface area contributed by atoms with Gasteiger partial charge in [-0.2, -0.15) is 10.1 Å². The molecule has 0 spiro atoms. The Kier molecular flexibility index (Phi) is 4.58. The summed E-state index contributed by atoms with van der Waals surface area (Å²) < 4.78 is 18.2. The lowest BCUT2D eigenvalue weighted by atomic mass is 9.92. The molecule has 0 aliphatic carbocycles. The maximum Gasteiger partial charge on any atom is 0.222 e. The normalized spacial score (nSPS) is 18.3. The summed E-state index contributed by atoms with van der Waals surface area (Å²) in [6, 6.07) is 14.0. The van der Waals surface area contributed by atoms with Crippen LogP contribution in [0.15, 0.2) is 48.8 Å². The summed E-state index contributed by atoms with van der Waals surface area (Å²) in [5.41, 5.74) is 2.18. The van der Waals surface area contributed by atoms with Gasteiger partial charge < -0.3 is 19.5 Å². The fourth-order valence-corrected chi connectivity index (χ4v) is 3.53. The van der Waals surface area contributed by atoms with E-state index in [4.69, 9.17) is 14.2 Å². The van der Waals surface area contributed by atoms with E-state index in [1.165, 1.54) is 0 Å². The molecule has 0 saturated heterocycles. The van der Waals surface area contributed by atoms with Crippen molar-refractivity contribution in [1.82, 2.24) is 14.8 Å². The van der Waals surface area contributed by atoms with Crippen LogP contribution in [0.25, 0.3) is 0 Å². The Labute approximate surface area is 157 Å². The first-order valence-corrected chi connectivity index (χ1v) is 8.75. The van der Waals surface area contributed by atoms with E-state index < -0.39 is 0 Å². The van der Waals surface area contributed by atoms with Gasteiger partial charge in [-0.15, -0.1) is 0 Å². The zero-order valence-corrected chi connectivity index (χ0v) is 15.5. The minimum atomic E-state index is -0.0269. The van der Waals surface area contributed by atoms with Crippen molar-refractivity contribution in [1.29, 1.82) is 0 Å². The molecule has 0 bridgehead atoms. The lowest BCUT2D eigenvalue weighted by Gasteiger charge is -2.32. The fraction of sp³-hybridized carbons (Fsp3) is 0.300. The molecule has 7 nitrogen and oxygen atoms in total. The highest BCUT2D eigenvalue weighted by molar-refractivity contribution is 5.46. The predicted molar refractivity (Wildman–Crippen MR) is 102 cm³/mol. The molecule has 27 heavy (non-hydrogen) atoms. The van der Waals surface area contributed by atoms with Crippen molar-refractivity contribution in [2.45, 2.75) is 18.5 Å². The molecule has 0 radical (unpaired) electrons. The van der Waals surface area contributed by atoms with E-state index in [0.29, 0.717) is 0 Å². The zero-order valence-electron chi connectivity index (χ0n) is 15.5. The van der Waals surface area contributed by atoms with Gasteiger partial charge in [0.1, 0.15) is 23.6 Å². The van der Waals surface area contributed by atoms with E-state index in [1.807, 2.05) is 35.0 Å². The predicted octanol–water partition coefficient (Wildman–Crippen LogP) is 3.45. The summed E-state index contributed by atoms with van der Waals surface area (Å²) in [4.78, 5) is 4.38. The highest BCUT2D eigenvalue weighted by Crippen LogP contribution is 2.41. The van der Waals surface area contributed by atoms with Gasteiger partial charge in [-0.05, 0) is 42.3 Å². The summed E-state index contributed by atoms with van der Waals surface area (Å²) in [6.45, 7) is 0. The van der Waals surface area contributed by atoms with E-state index in [2.05, 4.69) is 27.5 Å². The Hall–Kier alpha value is -3.22. The molecule has 0 saturated carbocycles. The first kappa shape index (κ1) is 17.2. The lowest BCUT2D eigenvalue weighted by molar-refractivity contribution is 0.373. The van der Waals surface area contributed by atoms with E-state index in [9.17, 15) is 0 Å². The maximum absolute atomic E-state index is 5.61.